The zero-order valence-corrected chi connectivity index (χ0v) is 11.0. The summed E-state index contributed by atoms with van der Waals surface area (Å²) in [5.74, 6) is -1.44. The number of aromatic carboxylic acids is 1. The van der Waals surface area contributed by atoms with E-state index < -0.39 is 11.8 Å². The third-order valence-corrected chi connectivity index (χ3v) is 3.52. The lowest BCUT2D eigenvalue weighted by atomic mass is 10.1. The molecule has 1 aliphatic rings. The number of nitrogens with zero attached hydrogens (tertiary/aromatic N) is 1. The van der Waals surface area contributed by atoms with Crippen molar-refractivity contribution >= 4 is 11.7 Å². The third-order valence-electron chi connectivity index (χ3n) is 3.52. The molecule has 1 unspecified atom stereocenters. The fourth-order valence-electron chi connectivity index (χ4n) is 2.37. The number of carbonyl (C=O) groups is 1. The van der Waals surface area contributed by atoms with Gasteiger partial charge in [0.05, 0.1) is 11.3 Å². The van der Waals surface area contributed by atoms with Gasteiger partial charge in [0.1, 0.15) is 5.82 Å². The highest BCUT2D eigenvalue weighted by Crippen LogP contribution is 2.20. The van der Waals surface area contributed by atoms with Crippen molar-refractivity contribution in [1.29, 1.82) is 0 Å². The molecule has 2 N–H and O–H groups in total. The third kappa shape index (κ3) is 3.67. The summed E-state index contributed by atoms with van der Waals surface area (Å²) in [7, 11) is 2.08. The first-order valence-corrected chi connectivity index (χ1v) is 6.54. The molecule has 1 atom stereocenters. The zero-order valence-electron chi connectivity index (χ0n) is 11.0. The van der Waals surface area contributed by atoms with Gasteiger partial charge in [0, 0.05) is 6.04 Å². The average molecular weight is 266 g/mol. The summed E-state index contributed by atoms with van der Waals surface area (Å²) in [4.78, 5) is 13.2. The molecule has 0 aromatic heterocycles. The largest absolute Gasteiger partial charge is 0.478 e. The minimum atomic E-state index is -1.04. The molecule has 0 saturated carbocycles. The average Bonchev–Trinajstić information content (AvgIpc) is 2.57. The lowest BCUT2D eigenvalue weighted by molar-refractivity contribution is 0.0697. The summed E-state index contributed by atoms with van der Waals surface area (Å²) in [6.45, 7) is 2.02. The summed E-state index contributed by atoms with van der Waals surface area (Å²) in [6.07, 6.45) is 2.97. The van der Waals surface area contributed by atoms with Gasteiger partial charge in [0.2, 0.25) is 0 Å². The number of hydrogen-bond acceptors (Lipinski definition) is 3. The van der Waals surface area contributed by atoms with Crippen LogP contribution in [0.15, 0.2) is 18.2 Å². The molecule has 1 saturated heterocycles. The SMILES string of the molecule is CN1CCCC(Nc2cc(C(=O)O)ccc2F)CC1. The van der Waals surface area contributed by atoms with Crippen LogP contribution in [0.1, 0.15) is 29.6 Å². The number of anilines is 1. The van der Waals surface area contributed by atoms with Gasteiger partial charge in [-0.15, -0.1) is 0 Å². The first kappa shape index (κ1) is 13.8. The van der Waals surface area contributed by atoms with Crippen molar-refractivity contribution in [2.45, 2.75) is 25.3 Å². The van der Waals surface area contributed by atoms with Gasteiger partial charge < -0.3 is 15.3 Å². The maximum atomic E-state index is 13.7. The number of benzene rings is 1. The van der Waals surface area contributed by atoms with E-state index in [2.05, 4.69) is 17.3 Å². The Hall–Kier alpha value is -1.62. The number of rotatable bonds is 3. The van der Waals surface area contributed by atoms with E-state index in [1.807, 2.05) is 0 Å². The van der Waals surface area contributed by atoms with Gasteiger partial charge in [-0.3, -0.25) is 0 Å². The number of nitrogens with one attached hydrogen (secondary N) is 1. The van der Waals surface area contributed by atoms with E-state index in [0.717, 1.165) is 32.4 Å². The summed E-state index contributed by atoms with van der Waals surface area (Å²) < 4.78 is 13.7. The van der Waals surface area contributed by atoms with E-state index in [-0.39, 0.29) is 17.3 Å². The normalized spacial score (nSPS) is 20.8. The van der Waals surface area contributed by atoms with Gasteiger partial charge in [0.15, 0.2) is 0 Å². The van der Waals surface area contributed by atoms with E-state index in [1.54, 1.807) is 0 Å². The molecule has 0 bridgehead atoms. The second-order valence-corrected chi connectivity index (χ2v) is 5.08. The summed E-state index contributed by atoms with van der Waals surface area (Å²) in [6, 6.07) is 4.05. The van der Waals surface area contributed by atoms with Crippen LogP contribution >= 0.6 is 0 Å². The van der Waals surface area contributed by atoms with Crippen LogP contribution in [0.4, 0.5) is 10.1 Å². The van der Waals surface area contributed by atoms with Crippen molar-refractivity contribution in [2.24, 2.45) is 0 Å². The topological polar surface area (TPSA) is 52.6 Å². The lowest BCUT2D eigenvalue weighted by Crippen LogP contribution is -2.23. The molecular weight excluding hydrogens is 247 g/mol. The first-order chi connectivity index (χ1) is 9.06. The van der Waals surface area contributed by atoms with Crippen LogP contribution in [0, 0.1) is 5.82 Å². The maximum Gasteiger partial charge on any atom is 0.335 e. The van der Waals surface area contributed by atoms with Crippen LogP contribution in [0.2, 0.25) is 0 Å². The van der Waals surface area contributed by atoms with Gasteiger partial charge in [-0.1, -0.05) is 0 Å². The fraction of sp³-hybridized carbons (Fsp3) is 0.500. The van der Waals surface area contributed by atoms with Gasteiger partial charge in [-0.25, -0.2) is 9.18 Å². The highest BCUT2D eigenvalue weighted by atomic mass is 19.1. The molecule has 1 aromatic carbocycles. The van der Waals surface area contributed by atoms with Crippen LogP contribution in [0.3, 0.4) is 0 Å². The molecule has 0 spiro atoms. The van der Waals surface area contributed by atoms with E-state index >= 15 is 0 Å². The molecule has 19 heavy (non-hydrogen) atoms. The number of hydrogen-bond donors (Lipinski definition) is 2. The molecule has 4 nitrogen and oxygen atoms in total. The standard InChI is InChI=1S/C14H19FN2O2/c1-17-7-2-3-11(6-8-17)16-13-9-10(14(18)19)4-5-12(13)15/h4-5,9,11,16H,2-3,6-8H2,1H3,(H,18,19). The highest BCUT2D eigenvalue weighted by molar-refractivity contribution is 5.88. The van der Waals surface area contributed by atoms with Crippen molar-refractivity contribution in [1.82, 2.24) is 4.90 Å². The zero-order chi connectivity index (χ0) is 13.8. The van der Waals surface area contributed by atoms with Crippen molar-refractivity contribution < 1.29 is 14.3 Å². The highest BCUT2D eigenvalue weighted by Gasteiger charge is 2.16. The molecule has 0 radical (unpaired) electrons. The number of carboxylic acid groups (broad SMARTS) is 1. The van der Waals surface area contributed by atoms with Crippen LogP contribution in [-0.4, -0.2) is 42.2 Å². The van der Waals surface area contributed by atoms with E-state index in [0.29, 0.717) is 0 Å². The van der Waals surface area contributed by atoms with Crippen LogP contribution in [0.25, 0.3) is 0 Å². The Balaban J connectivity index is 2.09. The predicted molar refractivity (Wildman–Crippen MR) is 72.1 cm³/mol. The Labute approximate surface area is 112 Å². The van der Waals surface area contributed by atoms with E-state index in [4.69, 9.17) is 5.11 Å². The fourth-order valence-corrected chi connectivity index (χ4v) is 2.37. The number of halogens is 1. The lowest BCUT2D eigenvalue weighted by Gasteiger charge is -2.18. The van der Waals surface area contributed by atoms with E-state index in [1.165, 1.54) is 18.2 Å². The number of carboxylic acids is 1. The van der Waals surface area contributed by atoms with Gasteiger partial charge in [-0.05, 0) is 57.6 Å². The minimum absolute atomic E-state index is 0.106. The van der Waals surface area contributed by atoms with Crippen LogP contribution in [0.5, 0.6) is 0 Å². The molecular formula is C14H19FN2O2. The second kappa shape index (κ2) is 6.02. The Morgan fingerprint density at radius 1 is 1.42 bits per heavy atom. The quantitative estimate of drug-likeness (QED) is 0.882. The minimum Gasteiger partial charge on any atom is -0.478 e. The Morgan fingerprint density at radius 3 is 2.95 bits per heavy atom. The van der Waals surface area contributed by atoms with Crippen LogP contribution in [-0.2, 0) is 0 Å². The smallest absolute Gasteiger partial charge is 0.335 e. The molecule has 2 rings (SSSR count). The first-order valence-electron chi connectivity index (χ1n) is 6.54. The molecule has 1 heterocycles. The van der Waals surface area contributed by atoms with Gasteiger partial charge in [-0.2, -0.15) is 0 Å². The molecule has 104 valence electrons. The van der Waals surface area contributed by atoms with Gasteiger partial charge in [0.25, 0.3) is 0 Å². The molecule has 5 heteroatoms. The summed E-state index contributed by atoms with van der Waals surface area (Å²) >= 11 is 0. The van der Waals surface area contributed by atoms with E-state index in [9.17, 15) is 9.18 Å². The summed E-state index contributed by atoms with van der Waals surface area (Å²) in [5, 5.41) is 12.1. The number of likely N-dealkylation sites (tertiary alicyclic amines) is 1. The van der Waals surface area contributed by atoms with Crippen molar-refractivity contribution in [3.8, 4) is 0 Å². The Bertz CT molecular complexity index is 465. The second-order valence-electron chi connectivity index (χ2n) is 5.08. The van der Waals surface area contributed by atoms with Crippen LogP contribution < -0.4 is 5.32 Å². The van der Waals surface area contributed by atoms with Gasteiger partial charge >= 0.3 is 5.97 Å². The Kier molecular flexibility index (Phi) is 4.37. The van der Waals surface area contributed by atoms with Crippen molar-refractivity contribution in [2.75, 3.05) is 25.5 Å². The molecule has 1 aromatic rings. The molecule has 0 amide bonds. The van der Waals surface area contributed by atoms with Crippen molar-refractivity contribution in [3.63, 3.8) is 0 Å². The molecule has 1 fully saturated rings. The molecule has 1 aliphatic heterocycles. The maximum absolute atomic E-state index is 13.7. The summed E-state index contributed by atoms with van der Waals surface area (Å²) in [5.41, 5.74) is 0.393. The van der Waals surface area contributed by atoms with Crippen molar-refractivity contribution in [3.05, 3.63) is 29.6 Å². The molecule has 0 aliphatic carbocycles. The Morgan fingerprint density at radius 2 is 2.21 bits per heavy atom. The monoisotopic (exact) mass is 266 g/mol. The predicted octanol–water partition coefficient (Wildman–Crippen LogP) is 2.42.